The zero-order valence-electron chi connectivity index (χ0n) is 19.7. The Bertz CT molecular complexity index is 1370. The van der Waals surface area contributed by atoms with Crippen molar-refractivity contribution >= 4 is 29.2 Å². The van der Waals surface area contributed by atoms with Crippen molar-refractivity contribution in [3.8, 4) is 0 Å². The lowest BCUT2D eigenvalue weighted by molar-refractivity contribution is -0.143. The summed E-state index contributed by atoms with van der Waals surface area (Å²) in [5, 5.41) is 0. The molecule has 1 spiro atoms. The van der Waals surface area contributed by atoms with Gasteiger partial charge >= 0.3 is 5.97 Å². The fraction of sp³-hybridized carbons (Fsp3) is 0.259. The predicted octanol–water partition coefficient (Wildman–Crippen LogP) is 3.04. The van der Waals surface area contributed by atoms with Crippen molar-refractivity contribution in [1.82, 2.24) is 0 Å². The highest BCUT2D eigenvalue weighted by atomic mass is 16.5. The van der Waals surface area contributed by atoms with Gasteiger partial charge in [0.25, 0.3) is 5.91 Å². The standard InChI is InChI=1S/C27H25N3O5/c1-4-34-25(32)22-23(28)35-20-13-16(3)29-24(31)21(20)27(22)18-10-5-6-11-19(18)30(26(27)33)14-17-9-7-8-15(2)12-17/h5-13,21H,4,14,28H2,1-3H3. The highest BCUT2D eigenvalue weighted by Gasteiger charge is 2.67. The lowest BCUT2D eigenvalue weighted by Gasteiger charge is -2.41. The van der Waals surface area contributed by atoms with Gasteiger partial charge in [-0.2, -0.15) is 0 Å². The van der Waals surface area contributed by atoms with Crippen LogP contribution in [0.5, 0.6) is 0 Å². The number of ether oxygens (including phenoxy) is 2. The predicted molar refractivity (Wildman–Crippen MR) is 129 cm³/mol. The molecule has 3 aliphatic rings. The molecule has 0 saturated heterocycles. The van der Waals surface area contributed by atoms with Gasteiger partial charge in [0.1, 0.15) is 22.7 Å². The molecule has 0 fully saturated rings. The van der Waals surface area contributed by atoms with E-state index in [9.17, 15) is 14.4 Å². The summed E-state index contributed by atoms with van der Waals surface area (Å²) in [5.41, 5.74) is 7.83. The van der Waals surface area contributed by atoms with Gasteiger partial charge in [-0.3, -0.25) is 9.59 Å². The molecule has 2 N–H and O–H groups in total. The van der Waals surface area contributed by atoms with Crippen LogP contribution in [0.4, 0.5) is 5.69 Å². The summed E-state index contributed by atoms with van der Waals surface area (Å²) in [4.78, 5) is 46.9. The van der Waals surface area contributed by atoms with Crippen LogP contribution in [-0.2, 0) is 35.8 Å². The number of aryl methyl sites for hydroxylation is 1. The van der Waals surface area contributed by atoms with Crippen LogP contribution in [0.1, 0.15) is 30.5 Å². The van der Waals surface area contributed by atoms with Crippen molar-refractivity contribution in [1.29, 1.82) is 0 Å². The third-order valence-electron chi connectivity index (χ3n) is 6.58. The van der Waals surface area contributed by atoms with E-state index in [0.717, 1.165) is 11.1 Å². The van der Waals surface area contributed by atoms with E-state index in [0.29, 0.717) is 17.0 Å². The molecule has 0 aromatic heterocycles. The first-order valence-electron chi connectivity index (χ1n) is 11.4. The van der Waals surface area contributed by atoms with Crippen molar-refractivity contribution in [2.45, 2.75) is 32.7 Å². The number of rotatable bonds is 4. The third kappa shape index (κ3) is 3.28. The first kappa shape index (κ1) is 22.6. The van der Waals surface area contributed by atoms with Crippen LogP contribution < -0.4 is 10.6 Å². The Labute approximate surface area is 202 Å². The van der Waals surface area contributed by atoms with Crippen LogP contribution in [0.3, 0.4) is 0 Å². The molecule has 0 aliphatic carbocycles. The quantitative estimate of drug-likeness (QED) is 0.686. The average Bonchev–Trinajstić information content (AvgIpc) is 3.02. The molecule has 2 aromatic rings. The molecule has 2 atom stereocenters. The number of nitrogens with two attached hydrogens (primary N) is 1. The molecule has 2 amide bonds. The monoisotopic (exact) mass is 471 g/mol. The first-order chi connectivity index (χ1) is 16.8. The van der Waals surface area contributed by atoms with E-state index >= 15 is 0 Å². The van der Waals surface area contributed by atoms with E-state index in [1.54, 1.807) is 43.0 Å². The second kappa shape index (κ2) is 8.23. The van der Waals surface area contributed by atoms with Gasteiger partial charge in [0.15, 0.2) is 0 Å². The fourth-order valence-corrected chi connectivity index (χ4v) is 5.30. The van der Waals surface area contributed by atoms with Gasteiger partial charge in [-0.05, 0) is 44.0 Å². The number of allylic oxidation sites excluding steroid dienone is 1. The number of carbonyl (C=O) groups is 3. The molecule has 3 aliphatic heterocycles. The first-order valence-corrected chi connectivity index (χ1v) is 11.4. The number of dihydropyridines is 1. The van der Waals surface area contributed by atoms with Gasteiger partial charge in [0.2, 0.25) is 11.8 Å². The largest absolute Gasteiger partial charge is 0.462 e. The van der Waals surface area contributed by atoms with E-state index in [4.69, 9.17) is 15.2 Å². The highest BCUT2D eigenvalue weighted by molar-refractivity contribution is 6.20. The third-order valence-corrected chi connectivity index (χ3v) is 6.58. The maximum atomic E-state index is 14.5. The summed E-state index contributed by atoms with van der Waals surface area (Å²) in [6.07, 6.45) is 1.59. The van der Waals surface area contributed by atoms with Gasteiger partial charge < -0.3 is 20.1 Å². The van der Waals surface area contributed by atoms with Crippen LogP contribution in [0, 0.1) is 12.8 Å². The lowest BCUT2D eigenvalue weighted by Crippen LogP contribution is -2.55. The van der Waals surface area contributed by atoms with Crippen LogP contribution >= 0.6 is 0 Å². The van der Waals surface area contributed by atoms with Crippen molar-refractivity contribution in [3.63, 3.8) is 0 Å². The Hall–Kier alpha value is -4.20. The summed E-state index contributed by atoms with van der Waals surface area (Å²) >= 11 is 0. The van der Waals surface area contributed by atoms with Crippen molar-refractivity contribution in [3.05, 3.63) is 88.5 Å². The molecule has 0 radical (unpaired) electrons. The molecule has 0 saturated carbocycles. The Kier molecular flexibility index (Phi) is 5.31. The molecule has 0 bridgehead atoms. The molecular formula is C27H25N3O5. The summed E-state index contributed by atoms with van der Waals surface area (Å²) in [6.45, 7) is 5.60. The lowest BCUT2D eigenvalue weighted by atomic mass is 9.63. The molecule has 5 rings (SSSR count). The molecule has 8 nitrogen and oxygen atoms in total. The number of fused-ring (bicyclic) bond motifs is 4. The van der Waals surface area contributed by atoms with Gasteiger partial charge in [0.05, 0.1) is 13.2 Å². The number of anilines is 1. The minimum absolute atomic E-state index is 0.0626. The number of aliphatic imine (C=N–C) groups is 1. The second-order valence-electron chi connectivity index (χ2n) is 8.84. The fourth-order valence-electron chi connectivity index (χ4n) is 5.30. The number of hydrogen-bond acceptors (Lipinski definition) is 6. The molecule has 2 aromatic carbocycles. The van der Waals surface area contributed by atoms with Gasteiger partial charge in [-0.1, -0.05) is 48.0 Å². The number of benzene rings is 2. The normalized spacial score (nSPS) is 22.9. The maximum Gasteiger partial charge on any atom is 0.340 e. The zero-order valence-corrected chi connectivity index (χ0v) is 19.7. The molecular weight excluding hydrogens is 446 g/mol. The van der Waals surface area contributed by atoms with E-state index in [1.165, 1.54) is 0 Å². The van der Waals surface area contributed by atoms with Crippen molar-refractivity contribution < 1.29 is 23.9 Å². The van der Waals surface area contributed by atoms with Crippen LogP contribution in [-0.4, -0.2) is 30.1 Å². The SMILES string of the molecule is CCOC(=O)C1=C(N)OC2=CC(C)=NC(=O)C2C12C(=O)N(Cc1cccc(C)c1)c1ccccc12. The summed E-state index contributed by atoms with van der Waals surface area (Å²) < 4.78 is 11.1. The van der Waals surface area contributed by atoms with Gasteiger partial charge in [-0.25, -0.2) is 9.79 Å². The molecule has 3 heterocycles. The van der Waals surface area contributed by atoms with E-state index in [1.807, 2.05) is 37.3 Å². The number of hydrogen-bond donors (Lipinski definition) is 1. The Morgan fingerprint density at radius 3 is 2.69 bits per heavy atom. The van der Waals surface area contributed by atoms with E-state index in [2.05, 4.69) is 4.99 Å². The molecule has 178 valence electrons. The Morgan fingerprint density at radius 2 is 1.94 bits per heavy atom. The minimum atomic E-state index is -1.76. The Morgan fingerprint density at radius 1 is 1.17 bits per heavy atom. The highest BCUT2D eigenvalue weighted by Crippen LogP contribution is 2.57. The number of amides is 2. The maximum absolute atomic E-state index is 14.5. The molecule has 2 unspecified atom stereocenters. The number of carbonyl (C=O) groups excluding carboxylic acids is 3. The van der Waals surface area contributed by atoms with Gasteiger partial charge in [0, 0.05) is 11.4 Å². The van der Waals surface area contributed by atoms with Gasteiger partial charge in [-0.15, -0.1) is 0 Å². The number of esters is 1. The minimum Gasteiger partial charge on any atom is -0.462 e. The zero-order chi connectivity index (χ0) is 24.9. The average molecular weight is 472 g/mol. The van der Waals surface area contributed by atoms with E-state index in [-0.39, 0.29) is 30.4 Å². The Balaban J connectivity index is 1.78. The molecule has 35 heavy (non-hydrogen) atoms. The van der Waals surface area contributed by atoms with Crippen molar-refractivity contribution in [2.24, 2.45) is 16.6 Å². The number of nitrogens with zero attached hydrogens (tertiary/aromatic N) is 2. The summed E-state index contributed by atoms with van der Waals surface area (Å²) in [6, 6.07) is 15.0. The van der Waals surface area contributed by atoms with Crippen molar-refractivity contribution in [2.75, 3.05) is 11.5 Å². The summed E-state index contributed by atoms with van der Waals surface area (Å²) in [5.74, 6) is -3.08. The molecule has 8 heteroatoms. The smallest absolute Gasteiger partial charge is 0.340 e. The van der Waals surface area contributed by atoms with Crippen LogP contribution in [0.2, 0.25) is 0 Å². The van der Waals surface area contributed by atoms with Crippen LogP contribution in [0.25, 0.3) is 0 Å². The number of para-hydroxylation sites is 1. The topological polar surface area (TPSA) is 111 Å². The summed E-state index contributed by atoms with van der Waals surface area (Å²) in [7, 11) is 0. The van der Waals surface area contributed by atoms with E-state index < -0.39 is 29.1 Å². The second-order valence-corrected chi connectivity index (χ2v) is 8.84. The van der Waals surface area contributed by atoms with Crippen LogP contribution in [0.15, 0.2) is 76.8 Å².